The van der Waals surface area contributed by atoms with Crippen molar-refractivity contribution >= 4 is 28.6 Å². The molecule has 0 saturated carbocycles. The first-order chi connectivity index (χ1) is 14.3. The second-order valence-electron chi connectivity index (χ2n) is 7.04. The van der Waals surface area contributed by atoms with Crippen LogP contribution in [-0.4, -0.2) is 28.3 Å². The molecule has 4 aromatic rings. The van der Waals surface area contributed by atoms with E-state index in [1.807, 2.05) is 42.8 Å². The topological polar surface area (TPSA) is 41.4 Å². The molecule has 0 bridgehead atoms. The highest BCUT2D eigenvalue weighted by molar-refractivity contribution is 5.97. The predicted molar refractivity (Wildman–Crippen MR) is 120 cm³/mol. The molecular formula is C25H20N4. The number of nitrogens with zero attached hydrogens (tertiary/aromatic N) is 4. The highest BCUT2D eigenvalue weighted by atomic mass is 15.2. The number of fused-ring (bicyclic) bond motifs is 2. The lowest BCUT2D eigenvalue weighted by Gasteiger charge is -2.24. The van der Waals surface area contributed by atoms with Crippen LogP contribution in [0.2, 0.25) is 0 Å². The van der Waals surface area contributed by atoms with Crippen molar-refractivity contribution in [2.75, 3.05) is 7.05 Å². The number of aromatic nitrogens is 2. The molecule has 3 heterocycles. The number of benzene rings is 2. The van der Waals surface area contributed by atoms with Gasteiger partial charge in [-0.2, -0.15) is 0 Å². The molecule has 0 saturated heterocycles. The first kappa shape index (κ1) is 17.3. The van der Waals surface area contributed by atoms with E-state index in [-0.39, 0.29) is 0 Å². The van der Waals surface area contributed by atoms with Gasteiger partial charge in [0, 0.05) is 47.2 Å². The molecule has 2 aromatic carbocycles. The van der Waals surface area contributed by atoms with Crippen LogP contribution in [0.4, 0.5) is 5.69 Å². The monoisotopic (exact) mass is 376 g/mol. The maximum absolute atomic E-state index is 4.75. The van der Waals surface area contributed by atoms with Crippen LogP contribution in [-0.2, 0) is 0 Å². The number of hydrogen-bond acceptors (Lipinski definition) is 4. The normalized spacial score (nSPS) is 14.4. The molecule has 0 aliphatic carbocycles. The maximum Gasteiger partial charge on any atom is 0.0954 e. The molecule has 1 aliphatic heterocycles. The molecule has 4 nitrogen and oxygen atoms in total. The van der Waals surface area contributed by atoms with E-state index >= 15 is 0 Å². The number of allylic oxidation sites excluding steroid dienone is 1. The van der Waals surface area contributed by atoms with E-state index in [2.05, 4.69) is 71.5 Å². The fourth-order valence-electron chi connectivity index (χ4n) is 3.93. The van der Waals surface area contributed by atoms with Crippen molar-refractivity contribution in [3.63, 3.8) is 0 Å². The summed E-state index contributed by atoms with van der Waals surface area (Å²) in [5.74, 6) is 0. The summed E-state index contributed by atoms with van der Waals surface area (Å²) >= 11 is 0. The van der Waals surface area contributed by atoms with E-state index in [0.29, 0.717) is 0 Å². The van der Waals surface area contributed by atoms with Crippen LogP contribution >= 0.6 is 0 Å². The first-order valence-corrected chi connectivity index (χ1v) is 9.63. The van der Waals surface area contributed by atoms with Gasteiger partial charge in [0.15, 0.2) is 0 Å². The van der Waals surface area contributed by atoms with Gasteiger partial charge in [0.1, 0.15) is 0 Å². The van der Waals surface area contributed by atoms with E-state index in [1.165, 1.54) is 0 Å². The summed E-state index contributed by atoms with van der Waals surface area (Å²) in [4.78, 5) is 16.0. The summed E-state index contributed by atoms with van der Waals surface area (Å²) < 4.78 is 0. The quantitative estimate of drug-likeness (QED) is 0.435. The number of rotatable bonds is 2. The highest BCUT2D eigenvalue weighted by Gasteiger charge is 2.18. The van der Waals surface area contributed by atoms with E-state index in [0.717, 1.165) is 50.2 Å². The summed E-state index contributed by atoms with van der Waals surface area (Å²) in [6.07, 6.45) is 7.65. The van der Waals surface area contributed by atoms with Gasteiger partial charge < -0.3 is 4.90 Å². The Labute approximate surface area is 169 Å². The van der Waals surface area contributed by atoms with Crippen LogP contribution in [0.1, 0.15) is 12.5 Å². The lowest BCUT2D eigenvalue weighted by Crippen LogP contribution is -2.17. The Hall–Kier alpha value is -3.79. The minimum Gasteiger partial charge on any atom is -0.335 e. The molecule has 1 aliphatic rings. The lowest BCUT2D eigenvalue weighted by atomic mass is 9.95. The number of para-hydroxylation sites is 1. The molecule has 0 fully saturated rings. The predicted octanol–water partition coefficient (Wildman–Crippen LogP) is 5.93. The average molecular weight is 376 g/mol. The van der Waals surface area contributed by atoms with Crippen LogP contribution in [0.3, 0.4) is 0 Å². The average Bonchev–Trinajstić information content (AvgIpc) is 2.78. The van der Waals surface area contributed by atoms with Crippen LogP contribution < -0.4 is 0 Å². The van der Waals surface area contributed by atoms with Crippen molar-refractivity contribution in [1.29, 1.82) is 0 Å². The first-order valence-electron chi connectivity index (χ1n) is 9.63. The van der Waals surface area contributed by atoms with Crippen molar-refractivity contribution in [1.82, 2.24) is 14.9 Å². The molecule has 0 amide bonds. The smallest absolute Gasteiger partial charge is 0.0954 e. The Bertz CT molecular complexity index is 1280. The Morgan fingerprint density at radius 2 is 1.62 bits per heavy atom. The Morgan fingerprint density at radius 1 is 0.828 bits per heavy atom. The van der Waals surface area contributed by atoms with Gasteiger partial charge in [0.05, 0.1) is 23.2 Å². The summed E-state index contributed by atoms with van der Waals surface area (Å²) in [6, 6.07) is 20.8. The van der Waals surface area contributed by atoms with E-state index in [9.17, 15) is 0 Å². The van der Waals surface area contributed by atoms with E-state index in [1.54, 1.807) is 0 Å². The lowest BCUT2D eigenvalue weighted by molar-refractivity contribution is 0.732. The molecule has 5 rings (SSSR count). The van der Waals surface area contributed by atoms with Gasteiger partial charge >= 0.3 is 0 Å². The zero-order chi connectivity index (χ0) is 19.8. The third kappa shape index (κ3) is 2.90. The second kappa shape index (κ2) is 6.99. The van der Waals surface area contributed by atoms with Gasteiger partial charge in [-0.1, -0.05) is 42.5 Å². The van der Waals surface area contributed by atoms with Crippen molar-refractivity contribution in [3.05, 3.63) is 84.7 Å². The Kier molecular flexibility index (Phi) is 4.17. The fourth-order valence-corrected chi connectivity index (χ4v) is 3.93. The number of hydrogen-bond donors (Lipinski definition) is 0. The second-order valence-corrected chi connectivity index (χ2v) is 7.04. The highest BCUT2D eigenvalue weighted by Crippen LogP contribution is 2.38. The largest absolute Gasteiger partial charge is 0.335 e. The van der Waals surface area contributed by atoms with E-state index < -0.39 is 0 Å². The van der Waals surface area contributed by atoms with Crippen LogP contribution in [0, 0.1) is 0 Å². The minimum absolute atomic E-state index is 0.937. The molecule has 0 spiro atoms. The molecule has 0 unspecified atom stereocenters. The zero-order valence-electron chi connectivity index (χ0n) is 16.4. The van der Waals surface area contributed by atoms with Crippen molar-refractivity contribution < 1.29 is 0 Å². The van der Waals surface area contributed by atoms with Crippen molar-refractivity contribution in [2.24, 2.45) is 4.99 Å². The van der Waals surface area contributed by atoms with Gasteiger partial charge in [-0.25, -0.2) is 4.99 Å². The third-order valence-electron chi connectivity index (χ3n) is 5.30. The van der Waals surface area contributed by atoms with Crippen LogP contribution in [0.5, 0.6) is 0 Å². The summed E-state index contributed by atoms with van der Waals surface area (Å²) in [5.41, 5.74) is 8.40. The molecule has 0 N–H and O–H groups in total. The van der Waals surface area contributed by atoms with E-state index in [4.69, 9.17) is 4.98 Å². The Morgan fingerprint density at radius 3 is 2.52 bits per heavy atom. The molecule has 0 atom stereocenters. The standard InChI is InChI=1S/C25H20N4/c1-3-23-21-15-18(11-12-22(21)28-16-29(23)2)19-10-6-14-27-25(19)20-9-4-7-17-8-5-13-26-24(17)20/h3-16H,1-2H3. The summed E-state index contributed by atoms with van der Waals surface area (Å²) in [6.45, 7) is 2.05. The van der Waals surface area contributed by atoms with Crippen LogP contribution in [0.15, 0.2) is 84.1 Å². The minimum atomic E-state index is 0.937. The van der Waals surface area contributed by atoms with Gasteiger partial charge in [0.2, 0.25) is 0 Å². The maximum atomic E-state index is 4.75. The molecule has 29 heavy (non-hydrogen) atoms. The molecular weight excluding hydrogens is 356 g/mol. The molecule has 2 aromatic heterocycles. The Balaban J connectivity index is 1.72. The van der Waals surface area contributed by atoms with Gasteiger partial charge in [0.25, 0.3) is 0 Å². The number of aliphatic imine (C=N–C) groups is 1. The zero-order valence-corrected chi connectivity index (χ0v) is 16.4. The van der Waals surface area contributed by atoms with Gasteiger partial charge in [-0.3, -0.25) is 9.97 Å². The number of pyridine rings is 2. The van der Waals surface area contributed by atoms with Gasteiger partial charge in [-0.15, -0.1) is 0 Å². The van der Waals surface area contributed by atoms with Gasteiger partial charge in [-0.05, 0) is 36.8 Å². The molecule has 0 radical (unpaired) electrons. The SMILES string of the molecule is CC=C1c2cc(-c3cccnc3-c3cccc4cccnc34)ccc2N=CN1C. The summed E-state index contributed by atoms with van der Waals surface area (Å²) in [5, 5.41) is 1.11. The van der Waals surface area contributed by atoms with Crippen LogP contribution in [0.25, 0.3) is 39.0 Å². The van der Waals surface area contributed by atoms with Crippen molar-refractivity contribution in [3.8, 4) is 22.4 Å². The summed E-state index contributed by atoms with van der Waals surface area (Å²) in [7, 11) is 2.02. The fraction of sp³-hybridized carbons (Fsp3) is 0.0800. The molecule has 4 heteroatoms. The van der Waals surface area contributed by atoms with Crippen molar-refractivity contribution in [2.45, 2.75) is 6.92 Å². The molecule has 140 valence electrons. The third-order valence-corrected chi connectivity index (χ3v) is 5.30.